The fraction of sp³-hybridized carbons (Fsp3) is 0.200. The van der Waals surface area contributed by atoms with Crippen molar-refractivity contribution in [2.75, 3.05) is 5.32 Å². The van der Waals surface area contributed by atoms with E-state index >= 15 is 0 Å². The highest BCUT2D eigenvalue weighted by Crippen LogP contribution is 2.32. The van der Waals surface area contributed by atoms with Crippen LogP contribution in [-0.2, 0) is 16.4 Å². The normalized spacial score (nSPS) is 16.0. The van der Waals surface area contributed by atoms with Gasteiger partial charge in [-0.2, -0.15) is 0 Å². The second kappa shape index (κ2) is 7.71. The zero-order chi connectivity index (χ0) is 21.3. The highest BCUT2D eigenvalue weighted by Gasteiger charge is 2.30. The van der Waals surface area contributed by atoms with Gasteiger partial charge >= 0.3 is 6.03 Å². The lowest BCUT2D eigenvalue weighted by molar-refractivity contribution is 0.0958. The Labute approximate surface area is 172 Å². The number of aromatic nitrogens is 2. The molecular formula is C20H18N4O5S. The van der Waals surface area contributed by atoms with Crippen molar-refractivity contribution < 1.29 is 22.4 Å². The highest BCUT2D eigenvalue weighted by atomic mass is 32.2. The Hall–Kier alpha value is -3.53. The van der Waals surface area contributed by atoms with Crippen molar-refractivity contribution in [3.63, 3.8) is 0 Å². The van der Waals surface area contributed by atoms with Crippen molar-refractivity contribution in [2.24, 2.45) is 0 Å². The van der Waals surface area contributed by atoms with Gasteiger partial charge in [0.05, 0.1) is 22.4 Å². The van der Waals surface area contributed by atoms with Gasteiger partial charge in [0.2, 0.25) is 5.95 Å². The maximum atomic E-state index is 12.4. The number of rotatable bonds is 4. The van der Waals surface area contributed by atoms with Crippen LogP contribution in [0.25, 0.3) is 0 Å². The summed E-state index contributed by atoms with van der Waals surface area (Å²) < 4.78 is 32.0. The number of Topliss-reactive ketones (excluding diaryl/α,β-unsaturated/α-hetero) is 1. The zero-order valence-corrected chi connectivity index (χ0v) is 16.8. The number of carbonyl (C=O) groups excluding carboxylic acids is 2. The predicted octanol–water partition coefficient (Wildman–Crippen LogP) is 2.80. The average Bonchev–Trinajstić information content (AvgIpc) is 3.22. The molecule has 1 aliphatic carbocycles. The van der Waals surface area contributed by atoms with Gasteiger partial charge in [-0.3, -0.25) is 10.1 Å². The molecule has 154 valence electrons. The van der Waals surface area contributed by atoms with Crippen molar-refractivity contribution in [3.05, 3.63) is 71.4 Å². The monoisotopic (exact) mass is 426 g/mol. The first-order valence-electron chi connectivity index (χ1n) is 9.15. The molecule has 2 heterocycles. The second-order valence-corrected chi connectivity index (χ2v) is 8.65. The Morgan fingerprint density at radius 2 is 1.93 bits per heavy atom. The van der Waals surface area contributed by atoms with E-state index in [-0.39, 0.29) is 29.0 Å². The van der Waals surface area contributed by atoms with E-state index in [0.29, 0.717) is 23.4 Å². The lowest BCUT2D eigenvalue weighted by Gasteiger charge is -2.21. The van der Waals surface area contributed by atoms with Crippen LogP contribution in [-0.4, -0.2) is 30.2 Å². The van der Waals surface area contributed by atoms with E-state index in [9.17, 15) is 18.0 Å². The van der Waals surface area contributed by atoms with Crippen LogP contribution in [0.2, 0.25) is 0 Å². The number of benzene rings is 1. The summed E-state index contributed by atoms with van der Waals surface area (Å²) >= 11 is 0. The minimum absolute atomic E-state index is 0.0403. The molecule has 1 aliphatic rings. The third-order valence-corrected chi connectivity index (χ3v) is 6.12. The Bertz CT molecular complexity index is 1200. The molecule has 2 aromatic heterocycles. The van der Waals surface area contributed by atoms with Crippen LogP contribution in [0.15, 0.2) is 58.2 Å². The lowest BCUT2D eigenvalue weighted by Crippen LogP contribution is -2.35. The SMILES string of the molecule is Cc1ccc(S(=O)(=O)NC(=O)Nc2ncc3c(n2)C[C@H](c2ccco2)CC3=O)cc1. The van der Waals surface area contributed by atoms with E-state index in [0.717, 1.165) is 5.56 Å². The molecule has 10 heteroatoms. The number of hydrogen-bond donors (Lipinski definition) is 2. The number of furan rings is 1. The number of ketones is 1. The molecule has 2 amide bonds. The number of urea groups is 1. The van der Waals surface area contributed by atoms with Crippen LogP contribution in [0.5, 0.6) is 0 Å². The molecule has 1 aromatic carbocycles. The first-order valence-corrected chi connectivity index (χ1v) is 10.6. The number of carbonyl (C=O) groups is 2. The van der Waals surface area contributed by atoms with Gasteiger partial charge in [0.25, 0.3) is 10.0 Å². The number of anilines is 1. The van der Waals surface area contributed by atoms with Crippen LogP contribution >= 0.6 is 0 Å². The van der Waals surface area contributed by atoms with Gasteiger partial charge in [0.15, 0.2) is 5.78 Å². The number of aryl methyl sites for hydroxylation is 1. The maximum absolute atomic E-state index is 12.4. The highest BCUT2D eigenvalue weighted by molar-refractivity contribution is 7.90. The van der Waals surface area contributed by atoms with E-state index in [1.165, 1.54) is 18.3 Å². The van der Waals surface area contributed by atoms with Crippen LogP contribution in [0.1, 0.15) is 39.7 Å². The van der Waals surface area contributed by atoms with Gasteiger partial charge in [-0.1, -0.05) is 17.7 Å². The summed E-state index contributed by atoms with van der Waals surface area (Å²) in [4.78, 5) is 32.7. The van der Waals surface area contributed by atoms with Crippen LogP contribution in [0.3, 0.4) is 0 Å². The van der Waals surface area contributed by atoms with Crippen LogP contribution < -0.4 is 10.0 Å². The van der Waals surface area contributed by atoms with Gasteiger partial charge in [-0.15, -0.1) is 0 Å². The molecule has 0 saturated carbocycles. The van der Waals surface area contributed by atoms with Crippen molar-refractivity contribution in [2.45, 2.75) is 30.6 Å². The molecule has 30 heavy (non-hydrogen) atoms. The Morgan fingerprint density at radius 3 is 2.63 bits per heavy atom. The quantitative estimate of drug-likeness (QED) is 0.656. The standard InChI is InChI=1S/C20H18N4O5S/c1-12-4-6-14(7-5-12)30(27,28)24-20(26)23-19-21-11-15-16(22-19)9-13(10-17(15)25)18-3-2-8-29-18/h2-8,11,13H,9-10H2,1H3,(H2,21,22,23,24,26)/t13-/m0/s1. The molecule has 0 spiro atoms. The van der Waals surface area contributed by atoms with Crippen molar-refractivity contribution >= 4 is 27.8 Å². The number of fused-ring (bicyclic) bond motifs is 1. The fourth-order valence-corrected chi connectivity index (χ4v) is 4.16. The minimum Gasteiger partial charge on any atom is -0.469 e. The van der Waals surface area contributed by atoms with Gasteiger partial charge in [-0.05, 0) is 31.2 Å². The summed E-state index contributed by atoms with van der Waals surface area (Å²) in [6.07, 6.45) is 3.61. The van der Waals surface area contributed by atoms with Crippen molar-refractivity contribution in [1.82, 2.24) is 14.7 Å². The molecule has 0 radical (unpaired) electrons. The first-order chi connectivity index (χ1) is 14.3. The summed E-state index contributed by atoms with van der Waals surface area (Å²) in [6, 6.07) is 8.62. The molecule has 1 atom stereocenters. The van der Waals surface area contributed by atoms with Gasteiger partial charge < -0.3 is 4.42 Å². The predicted molar refractivity (Wildman–Crippen MR) is 107 cm³/mol. The third kappa shape index (κ3) is 4.08. The molecule has 2 N–H and O–H groups in total. The van der Waals surface area contributed by atoms with E-state index in [4.69, 9.17) is 4.42 Å². The molecule has 4 rings (SSSR count). The van der Waals surface area contributed by atoms with E-state index in [2.05, 4.69) is 15.3 Å². The zero-order valence-electron chi connectivity index (χ0n) is 16.0. The molecule has 0 bridgehead atoms. The summed E-state index contributed by atoms with van der Waals surface area (Å²) in [5.74, 6) is 0.316. The molecule has 0 unspecified atom stereocenters. The molecule has 3 aromatic rings. The van der Waals surface area contributed by atoms with Gasteiger partial charge in [0, 0.05) is 25.0 Å². The lowest BCUT2D eigenvalue weighted by atomic mass is 9.85. The topological polar surface area (TPSA) is 131 Å². The summed E-state index contributed by atoms with van der Waals surface area (Å²) in [5, 5.41) is 2.31. The molecule has 0 saturated heterocycles. The van der Waals surface area contributed by atoms with Crippen molar-refractivity contribution in [1.29, 1.82) is 0 Å². The third-order valence-electron chi connectivity index (χ3n) is 4.77. The number of nitrogens with zero attached hydrogens (tertiary/aromatic N) is 2. The smallest absolute Gasteiger partial charge is 0.335 e. The average molecular weight is 426 g/mol. The first kappa shape index (κ1) is 19.8. The largest absolute Gasteiger partial charge is 0.469 e. The molecular weight excluding hydrogens is 408 g/mol. The number of hydrogen-bond acceptors (Lipinski definition) is 7. The summed E-state index contributed by atoms with van der Waals surface area (Å²) in [6.45, 7) is 1.82. The summed E-state index contributed by atoms with van der Waals surface area (Å²) in [7, 11) is -4.04. The van der Waals surface area contributed by atoms with Gasteiger partial charge in [0.1, 0.15) is 5.76 Å². The second-order valence-electron chi connectivity index (χ2n) is 6.97. The number of amides is 2. The van der Waals surface area contributed by atoms with E-state index < -0.39 is 16.1 Å². The Morgan fingerprint density at radius 1 is 1.17 bits per heavy atom. The maximum Gasteiger partial charge on any atom is 0.335 e. The minimum atomic E-state index is -4.04. The van der Waals surface area contributed by atoms with E-state index in [1.807, 2.05) is 11.6 Å². The Kier molecular flexibility index (Phi) is 5.08. The molecule has 0 fully saturated rings. The van der Waals surface area contributed by atoms with Crippen LogP contribution in [0, 0.1) is 6.92 Å². The number of nitrogens with one attached hydrogen (secondary N) is 2. The van der Waals surface area contributed by atoms with Crippen LogP contribution in [0.4, 0.5) is 10.7 Å². The number of sulfonamides is 1. The summed E-state index contributed by atoms with van der Waals surface area (Å²) in [5.41, 5.74) is 1.75. The van der Waals surface area contributed by atoms with E-state index in [1.54, 1.807) is 30.5 Å². The van der Waals surface area contributed by atoms with Gasteiger partial charge in [-0.25, -0.2) is 27.9 Å². The molecule has 0 aliphatic heterocycles. The van der Waals surface area contributed by atoms with Crippen molar-refractivity contribution in [3.8, 4) is 0 Å². The molecule has 9 nitrogen and oxygen atoms in total. The fourth-order valence-electron chi connectivity index (χ4n) is 3.26. The Balaban J connectivity index is 1.49.